The highest BCUT2D eigenvalue weighted by atomic mass is 31.2. The molecule has 0 fully saturated rings. The highest BCUT2D eigenvalue weighted by Crippen LogP contribution is 2.49. The summed E-state index contributed by atoms with van der Waals surface area (Å²) in [6.07, 6.45) is 0. The van der Waals surface area contributed by atoms with Gasteiger partial charge in [0.05, 0.1) is 0 Å². The standard InChI is InChI=1S/C8H6F3O3P/c9-6-4-2-1-3-5(6)7(10)8(11)15(12,13)14/h1-4H,(H2,12,13,14). The van der Waals surface area contributed by atoms with Crippen molar-refractivity contribution in [3.8, 4) is 0 Å². The minimum atomic E-state index is -5.33. The quantitative estimate of drug-likeness (QED) is 0.778. The van der Waals surface area contributed by atoms with E-state index in [0.29, 0.717) is 0 Å². The average molecular weight is 238 g/mol. The van der Waals surface area contributed by atoms with Crippen LogP contribution in [0.2, 0.25) is 0 Å². The lowest BCUT2D eigenvalue weighted by Crippen LogP contribution is -1.89. The Bertz CT molecular complexity index is 452. The Morgan fingerprint density at radius 1 is 1.20 bits per heavy atom. The Morgan fingerprint density at radius 2 is 1.73 bits per heavy atom. The maximum Gasteiger partial charge on any atom is 0.387 e. The van der Waals surface area contributed by atoms with Crippen molar-refractivity contribution in [1.82, 2.24) is 0 Å². The molecule has 0 spiro atoms. The summed E-state index contributed by atoms with van der Waals surface area (Å²) in [6, 6.07) is 4.17. The van der Waals surface area contributed by atoms with Crippen molar-refractivity contribution in [2.24, 2.45) is 0 Å². The molecule has 0 unspecified atom stereocenters. The van der Waals surface area contributed by atoms with Crippen LogP contribution in [0.1, 0.15) is 5.56 Å². The zero-order valence-electron chi connectivity index (χ0n) is 7.19. The van der Waals surface area contributed by atoms with E-state index < -0.39 is 30.4 Å². The summed E-state index contributed by atoms with van der Waals surface area (Å²) >= 11 is 0. The molecule has 3 nitrogen and oxygen atoms in total. The maximum absolute atomic E-state index is 13.1. The van der Waals surface area contributed by atoms with Crippen LogP contribution in [0.3, 0.4) is 0 Å². The Morgan fingerprint density at radius 3 is 2.20 bits per heavy atom. The molecule has 0 aliphatic carbocycles. The molecule has 0 aromatic heterocycles. The fourth-order valence-corrected chi connectivity index (χ4v) is 1.25. The number of hydrogen-bond donors (Lipinski definition) is 2. The van der Waals surface area contributed by atoms with Crippen LogP contribution in [0, 0.1) is 5.82 Å². The molecule has 0 saturated heterocycles. The van der Waals surface area contributed by atoms with E-state index >= 15 is 0 Å². The van der Waals surface area contributed by atoms with Gasteiger partial charge in [0.15, 0.2) is 5.83 Å². The molecular formula is C8H6F3O3P. The molecule has 82 valence electrons. The van der Waals surface area contributed by atoms with Crippen molar-refractivity contribution in [1.29, 1.82) is 0 Å². The summed E-state index contributed by atoms with van der Waals surface area (Å²) in [4.78, 5) is 16.6. The number of rotatable bonds is 2. The molecule has 0 bridgehead atoms. The van der Waals surface area contributed by atoms with Crippen LogP contribution in [0.25, 0.3) is 5.83 Å². The summed E-state index contributed by atoms with van der Waals surface area (Å²) in [5, 5.41) is 0. The summed E-state index contributed by atoms with van der Waals surface area (Å²) in [6.45, 7) is 0. The summed E-state index contributed by atoms with van der Waals surface area (Å²) in [7, 11) is -5.33. The Labute approximate surface area is 83.0 Å². The topological polar surface area (TPSA) is 57.5 Å². The molecule has 15 heavy (non-hydrogen) atoms. The van der Waals surface area contributed by atoms with Gasteiger partial charge in [-0.05, 0) is 12.1 Å². The van der Waals surface area contributed by atoms with Crippen molar-refractivity contribution in [2.45, 2.75) is 0 Å². The van der Waals surface area contributed by atoms with Crippen molar-refractivity contribution >= 4 is 13.4 Å². The van der Waals surface area contributed by atoms with Gasteiger partial charge in [0.2, 0.25) is 5.57 Å². The summed E-state index contributed by atoms with van der Waals surface area (Å²) in [5.74, 6) is -2.99. The Kier molecular flexibility index (Phi) is 3.34. The normalized spacial score (nSPS) is 13.7. The molecular weight excluding hydrogens is 232 g/mol. The van der Waals surface area contributed by atoms with Gasteiger partial charge < -0.3 is 9.79 Å². The summed E-state index contributed by atoms with van der Waals surface area (Å²) < 4.78 is 49.1. The molecule has 1 rings (SSSR count). The second-order valence-corrected chi connectivity index (χ2v) is 4.11. The monoisotopic (exact) mass is 238 g/mol. The van der Waals surface area contributed by atoms with Gasteiger partial charge >= 0.3 is 7.60 Å². The smallest absolute Gasteiger partial charge is 0.319 e. The van der Waals surface area contributed by atoms with Gasteiger partial charge in [0.25, 0.3) is 0 Å². The molecule has 1 aromatic rings. The third-order valence-electron chi connectivity index (χ3n) is 1.55. The first kappa shape index (κ1) is 12.0. The molecule has 0 aliphatic heterocycles. The second-order valence-electron chi connectivity index (χ2n) is 2.63. The van der Waals surface area contributed by atoms with Gasteiger partial charge in [-0.1, -0.05) is 12.1 Å². The first-order chi connectivity index (χ1) is 6.84. The third-order valence-corrected chi connectivity index (χ3v) is 2.25. The Hall–Kier alpha value is -1.10. The van der Waals surface area contributed by atoms with Crippen LogP contribution < -0.4 is 0 Å². The highest BCUT2D eigenvalue weighted by molar-refractivity contribution is 7.56. The SMILES string of the molecule is O=P(O)(O)C(F)=C(F)c1ccccc1F. The van der Waals surface area contributed by atoms with Crippen molar-refractivity contribution in [3.63, 3.8) is 0 Å². The van der Waals surface area contributed by atoms with Crippen molar-refractivity contribution in [2.75, 3.05) is 0 Å². The lowest BCUT2D eigenvalue weighted by Gasteiger charge is -2.03. The van der Waals surface area contributed by atoms with Crippen LogP contribution in [-0.4, -0.2) is 9.79 Å². The average Bonchev–Trinajstić information content (AvgIpc) is 2.15. The van der Waals surface area contributed by atoms with Crippen molar-refractivity contribution in [3.05, 3.63) is 41.2 Å². The highest BCUT2D eigenvalue weighted by Gasteiger charge is 2.28. The van der Waals surface area contributed by atoms with Crippen LogP contribution >= 0.6 is 7.60 Å². The van der Waals surface area contributed by atoms with E-state index in [1.165, 1.54) is 12.1 Å². The molecule has 0 aliphatic rings. The van der Waals surface area contributed by atoms with E-state index in [-0.39, 0.29) is 0 Å². The molecule has 0 amide bonds. The minimum absolute atomic E-state index is 0.821. The van der Waals surface area contributed by atoms with E-state index in [1.54, 1.807) is 0 Å². The van der Waals surface area contributed by atoms with Gasteiger partial charge in [0.1, 0.15) is 5.82 Å². The van der Waals surface area contributed by atoms with Crippen LogP contribution in [-0.2, 0) is 4.57 Å². The van der Waals surface area contributed by atoms with E-state index in [4.69, 9.17) is 9.79 Å². The number of hydrogen-bond acceptors (Lipinski definition) is 1. The first-order valence-electron chi connectivity index (χ1n) is 3.70. The van der Waals surface area contributed by atoms with Gasteiger partial charge in [-0.3, -0.25) is 4.57 Å². The fraction of sp³-hybridized carbons (Fsp3) is 0. The zero-order chi connectivity index (χ0) is 11.6. The molecule has 0 heterocycles. The van der Waals surface area contributed by atoms with Gasteiger partial charge in [-0.2, -0.15) is 4.39 Å². The van der Waals surface area contributed by atoms with Crippen molar-refractivity contribution < 1.29 is 27.5 Å². The molecule has 7 heteroatoms. The van der Waals surface area contributed by atoms with Crippen LogP contribution in [0.15, 0.2) is 29.8 Å². The minimum Gasteiger partial charge on any atom is -0.319 e. The summed E-state index contributed by atoms with van der Waals surface area (Å²) in [5.41, 5.74) is -3.09. The van der Waals surface area contributed by atoms with E-state index in [9.17, 15) is 17.7 Å². The molecule has 0 saturated carbocycles. The molecule has 0 radical (unpaired) electrons. The van der Waals surface area contributed by atoms with Gasteiger partial charge in [-0.15, -0.1) is 0 Å². The predicted molar refractivity (Wildman–Crippen MR) is 47.6 cm³/mol. The van der Waals surface area contributed by atoms with Crippen LogP contribution in [0.4, 0.5) is 13.2 Å². The second kappa shape index (κ2) is 4.18. The Balaban J connectivity index is 3.32. The third kappa shape index (κ3) is 2.68. The molecule has 0 atom stereocenters. The van der Waals surface area contributed by atoms with Gasteiger partial charge in [-0.25, -0.2) is 8.78 Å². The lowest BCUT2D eigenvalue weighted by molar-refractivity contribution is 0.367. The number of benzene rings is 1. The zero-order valence-corrected chi connectivity index (χ0v) is 8.09. The van der Waals surface area contributed by atoms with Gasteiger partial charge in [0, 0.05) is 5.56 Å². The fourth-order valence-electron chi connectivity index (χ4n) is 0.878. The molecule has 2 N–H and O–H groups in total. The van der Waals surface area contributed by atoms with E-state index in [0.717, 1.165) is 12.1 Å². The van der Waals surface area contributed by atoms with E-state index in [1.807, 2.05) is 0 Å². The molecule has 1 aromatic carbocycles. The lowest BCUT2D eigenvalue weighted by atomic mass is 10.2. The van der Waals surface area contributed by atoms with Crippen LogP contribution in [0.5, 0.6) is 0 Å². The first-order valence-corrected chi connectivity index (χ1v) is 5.31. The van der Waals surface area contributed by atoms with E-state index in [2.05, 4.69) is 0 Å². The maximum atomic E-state index is 13.1. The number of halogens is 3. The largest absolute Gasteiger partial charge is 0.387 e. The predicted octanol–water partition coefficient (Wildman–Crippen LogP) is 2.57.